The molecule has 42 heavy (non-hydrogen) atoms. The zero-order valence-corrected chi connectivity index (χ0v) is 28.4. The minimum Gasteiger partial charge on any atom is -0.506 e. The van der Waals surface area contributed by atoms with Crippen LogP contribution in [0, 0.1) is 0 Å². The Morgan fingerprint density at radius 3 is 2.14 bits per heavy atom. The molecule has 0 bridgehead atoms. The van der Waals surface area contributed by atoms with Crippen LogP contribution in [0.3, 0.4) is 0 Å². The van der Waals surface area contributed by atoms with Crippen molar-refractivity contribution in [1.29, 1.82) is 0 Å². The van der Waals surface area contributed by atoms with Crippen molar-refractivity contribution in [2.75, 3.05) is 5.32 Å². The number of nitrogens with one attached hydrogen (secondary N) is 1. The van der Waals surface area contributed by atoms with E-state index in [1.165, 1.54) is 43.7 Å². The molecule has 0 aliphatic heterocycles. The fraction of sp³-hybridized carbons (Fsp3) is 0.667. The summed E-state index contributed by atoms with van der Waals surface area (Å²) >= 11 is 6.51. The SMILES string of the molecule is CCCCCCCCCc1nc(Cl)c(NC(=O)C(CCCC)Oc2ccc(C(C)(C)CC)cc2C(C)(C)CC)cc1O. The van der Waals surface area contributed by atoms with E-state index >= 15 is 0 Å². The number of carbonyl (C=O) groups excluding carboxylic acids is 1. The molecule has 5 nitrogen and oxygen atoms in total. The Morgan fingerprint density at radius 1 is 0.905 bits per heavy atom. The van der Waals surface area contributed by atoms with Crippen molar-refractivity contribution in [3.8, 4) is 11.5 Å². The van der Waals surface area contributed by atoms with Crippen LogP contribution in [0.4, 0.5) is 5.69 Å². The highest BCUT2D eigenvalue weighted by atomic mass is 35.5. The van der Waals surface area contributed by atoms with Crippen molar-refractivity contribution < 1.29 is 14.6 Å². The summed E-state index contributed by atoms with van der Waals surface area (Å²) in [6.45, 7) is 17.7. The third-order valence-corrected chi connectivity index (χ3v) is 9.23. The average molecular weight is 601 g/mol. The van der Waals surface area contributed by atoms with Gasteiger partial charge in [0, 0.05) is 11.6 Å². The van der Waals surface area contributed by atoms with Gasteiger partial charge in [-0.2, -0.15) is 0 Å². The Balaban J connectivity index is 2.22. The molecule has 2 N–H and O–H groups in total. The number of aromatic nitrogens is 1. The number of pyridine rings is 1. The fourth-order valence-electron chi connectivity index (χ4n) is 5.01. The second-order valence-electron chi connectivity index (χ2n) is 13.1. The van der Waals surface area contributed by atoms with Crippen LogP contribution >= 0.6 is 11.6 Å². The normalized spacial score (nSPS) is 12.8. The number of hydrogen-bond acceptors (Lipinski definition) is 4. The molecule has 1 aromatic carbocycles. The summed E-state index contributed by atoms with van der Waals surface area (Å²) < 4.78 is 6.53. The van der Waals surface area contributed by atoms with Crippen LogP contribution in [0.15, 0.2) is 24.3 Å². The van der Waals surface area contributed by atoms with Gasteiger partial charge in [-0.05, 0) is 61.0 Å². The second kappa shape index (κ2) is 17.1. The van der Waals surface area contributed by atoms with E-state index in [-0.39, 0.29) is 27.6 Å². The average Bonchev–Trinajstić information content (AvgIpc) is 2.96. The third kappa shape index (κ3) is 10.5. The minimum atomic E-state index is -0.702. The summed E-state index contributed by atoms with van der Waals surface area (Å²) in [5, 5.41) is 13.8. The first kappa shape index (κ1) is 35.9. The van der Waals surface area contributed by atoms with Crippen molar-refractivity contribution in [1.82, 2.24) is 4.98 Å². The maximum absolute atomic E-state index is 13.6. The number of aromatic hydroxyl groups is 1. The van der Waals surface area contributed by atoms with Crippen LogP contribution < -0.4 is 10.1 Å². The number of amides is 1. The number of aryl methyl sites for hydroxylation is 1. The standard InChI is InChI=1S/C36H57ClN2O3/c1-9-13-15-16-17-18-19-20-28-30(40)25-29(33(37)38-28)39-34(41)32(21-14-10-2)42-31-23-22-26(35(5,6)11-3)24-27(31)36(7,8)12-4/h22-25,32,40H,9-21H2,1-8H3,(H,39,41). The van der Waals surface area contributed by atoms with E-state index in [1.807, 2.05) is 6.07 Å². The first-order valence-electron chi connectivity index (χ1n) is 16.4. The molecule has 1 aromatic heterocycles. The maximum atomic E-state index is 13.6. The molecule has 0 aliphatic rings. The Morgan fingerprint density at radius 2 is 1.52 bits per heavy atom. The highest BCUT2D eigenvalue weighted by molar-refractivity contribution is 6.32. The molecule has 0 fully saturated rings. The van der Waals surface area contributed by atoms with Gasteiger partial charge < -0.3 is 15.2 Å². The highest BCUT2D eigenvalue weighted by Crippen LogP contribution is 2.39. The van der Waals surface area contributed by atoms with Gasteiger partial charge in [-0.3, -0.25) is 4.79 Å². The lowest BCUT2D eigenvalue weighted by molar-refractivity contribution is -0.123. The number of rotatable bonds is 19. The molecule has 6 heteroatoms. The number of anilines is 1. The van der Waals surface area contributed by atoms with Crippen molar-refractivity contribution in [3.63, 3.8) is 0 Å². The Labute approximate surface area is 261 Å². The van der Waals surface area contributed by atoms with Gasteiger partial charge in [-0.25, -0.2) is 4.98 Å². The molecule has 2 rings (SSSR count). The zero-order valence-electron chi connectivity index (χ0n) is 27.7. The molecule has 236 valence electrons. The first-order valence-corrected chi connectivity index (χ1v) is 16.8. The lowest BCUT2D eigenvalue weighted by atomic mass is 9.76. The monoisotopic (exact) mass is 600 g/mol. The molecule has 1 atom stereocenters. The van der Waals surface area contributed by atoms with Crippen LogP contribution in [-0.4, -0.2) is 22.1 Å². The van der Waals surface area contributed by atoms with Crippen LogP contribution in [0.1, 0.15) is 149 Å². The van der Waals surface area contributed by atoms with E-state index < -0.39 is 6.10 Å². The second-order valence-corrected chi connectivity index (χ2v) is 13.4. The smallest absolute Gasteiger partial charge is 0.265 e. The maximum Gasteiger partial charge on any atom is 0.265 e. The number of hydrogen-bond donors (Lipinski definition) is 2. The van der Waals surface area contributed by atoms with Crippen LogP contribution in [0.2, 0.25) is 5.15 Å². The Hall–Kier alpha value is -2.27. The predicted molar refractivity (Wildman–Crippen MR) is 178 cm³/mol. The van der Waals surface area contributed by atoms with E-state index in [0.717, 1.165) is 49.8 Å². The summed E-state index contributed by atoms with van der Waals surface area (Å²) in [6.07, 6.45) is 12.6. The summed E-state index contributed by atoms with van der Waals surface area (Å²) in [6, 6.07) is 7.95. The zero-order chi connectivity index (χ0) is 31.3. The molecular formula is C36H57ClN2O3. The number of nitrogens with zero attached hydrogens (tertiary/aromatic N) is 1. The molecule has 1 heterocycles. The van der Waals surface area contributed by atoms with E-state index in [2.05, 4.69) is 77.8 Å². The van der Waals surface area contributed by atoms with Crippen molar-refractivity contribution in [2.45, 2.75) is 156 Å². The Bertz CT molecular complexity index is 1130. The number of ether oxygens (including phenoxy) is 1. The lowest BCUT2D eigenvalue weighted by Crippen LogP contribution is -2.34. The van der Waals surface area contributed by atoms with Gasteiger partial charge in [0.05, 0.1) is 11.4 Å². The molecule has 0 aliphatic carbocycles. The van der Waals surface area contributed by atoms with E-state index in [0.29, 0.717) is 24.2 Å². The molecule has 0 saturated heterocycles. The van der Waals surface area contributed by atoms with Gasteiger partial charge in [-0.1, -0.05) is 124 Å². The number of benzene rings is 1. The number of carbonyl (C=O) groups is 1. The lowest BCUT2D eigenvalue weighted by Gasteiger charge is -2.31. The predicted octanol–water partition coefficient (Wildman–Crippen LogP) is 10.7. The summed E-state index contributed by atoms with van der Waals surface area (Å²) in [5.41, 5.74) is 3.20. The summed E-state index contributed by atoms with van der Waals surface area (Å²) in [7, 11) is 0. The third-order valence-electron chi connectivity index (χ3n) is 8.95. The van der Waals surface area contributed by atoms with Crippen LogP contribution in [0.25, 0.3) is 0 Å². The van der Waals surface area contributed by atoms with E-state index in [1.54, 1.807) is 0 Å². The van der Waals surface area contributed by atoms with Gasteiger partial charge in [-0.15, -0.1) is 0 Å². The van der Waals surface area contributed by atoms with E-state index in [4.69, 9.17) is 16.3 Å². The molecule has 1 amide bonds. The molecule has 0 saturated carbocycles. The van der Waals surface area contributed by atoms with Crippen molar-refractivity contribution in [3.05, 3.63) is 46.2 Å². The van der Waals surface area contributed by atoms with E-state index in [9.17, 15) is 9.90 Å². The van der Waals surface area contributed by atoms with Crippen molar-refractivity contribution in [2.24, 2.45) is 0 Å². The highest BCUT2D eigenvalue weighted by Gasteiger charge is 2.29. The van der Waals surface area contributed by atoms with Gasteiger partial charge in [0.1, 0.15) is 11.5 Å². The first-order chi connectivity index (χ1) is 19.9. The minimum absolute atomic E-state index is 0.0443. The van der Waals surface area contributed by atoms with Gasteiger partial charge >= 0.3 is 0 Å². The quantitative estimate of drug-likeness (QED) is 0.124. The fourth-order valence-corrected chi connectivity index (χ4v) is 5.22. The van der Waals surface area contributed by atoms with Crippen LogP contribution in [0.5, 0.6) is 11.5 Å². The topological polar surface area (TPSA) is 71.5 Å². The van der Waals surface area contributed by atoms with Gasteiger partial charge in [0.15, 0.2) is 11.3 Å². The summed E-state index contributed by atoms with van der Waals surface area (Å²) in [4.78, 5) is 18.0. The largest absolute Gasteiger partial charge is 0.506 e. The Kier molecular flexibility index (Phi) is 14.7. The summed E-state index contributed by atoms with van der Waals surface area (Å²) in [5.74, 6) is 0.517. The molecular weight excluding hydrogens is 544 g/mol. The van der Waals surface area contributed by atoms with Gasteiger partial charge in [0.25, 0.3) is 5.91 Å². The van der Waals surface area contributed by atoms with Crippen LogP contribution in [-0.2, 0) is 22.0 Å². The molecule has 0 spiro atoms. The van der Waals surface area contributed by atoms with Crippen molar-refractivity contribution >= 4 is 23.2 Å². The number of unbranched alkanes of at least 4 members (excludes halogenated alkanes) is 7. The van der Waals surface area contributed by atoms with Gasteiger partial charge in [0.2, 0.25) is 0 Å². The molecule has 0 radical (unpaired) electrons. The molecule has 2 aromatic rings. The number of halogens is 1. The molecule has 1 unspecified atom stereocenters.